The van der Waals surface area contributed by atoms with Crippen LogP contribution in [0.1, 0.15) is 21.7 Å². The van der Waals surface area contributed by atoms with E-state index in [2.05, 4.69) is 9.88 Å². The van der Waals surface area contributed by atoms with Crippen LogP contribution in [0.3, 0.4) is 0 Å². The Morgan fingerprint density at radius 2 is 1.90 bits per heavy atom. The molecule has 7 nitrogen and oxygen atoms in total. The van der Waals surface area contributed by atoms with Crippen LogP contribution in [0.25, 0.3) is 10.1 Å². The maximum Gasteiger partial charge on any atom is 0.265 e. The van der Waals surface area contributed by atoms with E-state index in [1.807, 2.05) is 42.5 Å². The fourth-order valence-electron chi connectivity index (χ4n) is 3.40. The molecule has 30 heavy (non-hydrogen) atoms. The number of ether oxygens (including phenoxy) is 2. The van der Waals surface area contributed by atoms with Gasteiger partial charge in [0.1, 0.15) is 4.90 Å². The minimum absolute atomic E-state index is 0.136. The van der Waals surface area contributed by atoms with E-state index in [1.54, 1.807) is 13.8 Å². The molecule has 154 valence electrons. The quantitative estimate of drug-likeness (QED) is 0.485. The van der Waals surface area contributed by atoms with Crippen LogP contribution in [0.15, 0.2) is 51.9 Å². The normalized spacial score (nSPS) is 13.1. The number of thiophene rings is 1. The van der Waals surface area contributed by atoms with E-state index in [0.29, 0.717) is 34.6 Å². The Morgan fingerprint density at radius 3 is 2.70 bits per heavy atom. The van der Waals surface area contributed by atoms with E-state index < -0.39 is 10.0 Å². The summed E-state index contributed by atoms with van der Waals surface area (Å²) in [5.74, 6) is 1.50. The molecule has 4 aromatic rings. The molecule has 0 saturated heterocycles. The molecule has 1 aliphatic heterocycles. The van der Waals surface area contributed by atoms with E-state index in [9.17, 15) is 8.42 Å². The van der Waals surface area contributed by atoms with Gasteiger partial charge in [-0.25, -0.2) is 13.1 Å². The predicted molar refractivity (Wildman–Crippen MR) is 114 cm³/mol. The van der Waals surface area contributed by atoms with Gasteiger partial charge in [-0.1, -0.05) is 29.4 Å². The van der Waals surface area contributed by atoms with E-state index in [0.717, 1.165) is 15.1 Å². The van der Waals surface area contributed by atoms with Gasteiger partial charge in [-0.2, -0.15) is 0 Å². The van der Waals surface area contributed by atoms with Crippen molar-refractivity contribution in [1.29, 1.82) is 0 Å². The van der Waals surface area contributed by atoms with Crippen molar-refractivity contribution in [3.05, 3.63) is 64.2 Å². The number of hydrogen-bond donors (Lipinski definition) is 1. The maximum atomic E-state index is 13.4. The number of aryl methyl sites for hydroxylation is 1. The van der Waals surface area contributed by atoms with Crippen molar-refractivity contribution >= 4 is 37.3 Å². The number of benzene rings is 2. The molecular formula is C21H18N2O5S2. The smallest absolute Gasteiger partial charge is 0.265 e. The Bertz CT molecular complexity index is 1370. The summed E-state index contributed by atoms with van der Waals surface area (Å²) < 4.78 is 46.3. The molecule has 0 aliphatic carbocycles. The van der Waals surface area contributed by atoms with Gasteiger partial charge in [-0.15, -0.1) is 11.3 Å². The minimum Gasteiger partial charge on any atom is -0.454 e. The molecule has 5 rings (SSSR count). The highest BCUT2D eigenvalue weighted by Crippen LogP contribution is 2.39. The van der Waals surface area contributed by atoms with Crippen LogP contribution in [0, 0.1) is 13.8 Å². The van der Waals surface area contributed by atoms with Crippen LogP contribution < -0.4 is 14.2 Å². The van der Waals surface area contributed by atoms with Gasteiger partial charge in [-0.3, -0.25) is 0 Å². The van der Waals surface area contributed by atoms with Gasteiger partial charge in [0.05, 0.1) is 5.69 Å². The number of aromatic nitrogens is 1. The van der Waals surface area contributed by atoms with Gasteiger partial charge in [0.2, 0.25) is 12.7 Å². The Hall–Kier alpha value is -3.04. The number of hydrogen-bond acceptors (Lipinski definition) is 7. The fraction of sp³-hybridized carbons (Fsp3) is 0.190. The first-order valence-electron chi connectivity index (χ1n) is 9.27. The third-order valence-electron chi connectivity index (χ3n) is 5.07. The number of rotatable bonds is 5. The van der Waals surface area contributed by atoms with Crippen LogP contribution in [0.5, 0.6) is 11.5 Å². The molecule has 2 aromatic heterocycles. The molecule has 0 bridgehead atoms. The lowest BCUT2D eigenvalue weighted by atomic mass is 10.1. The highest BCUT2D eigenvalue weighted by Gasteiger charge is 2.27. The second-order valence-corrected chi connectivity index (χ2v) is 9.80. The van der Waals surface area contributed by atoms with Crippen molar-refractivity contribution in [3.63, 3.8) is 0 Å². The third kappa shape index (κ3) is 3.20. The summed E-state index contributed by atoms with van der Waals surface area (Å²) in [6.07, 6.45) is 0.445. The van der Waals surface area contributed by atoms with Crippen LogP contribution in [0.2, 0.25) is 0 Å². The van der Waals surface area contributed by atoms with Crippen molar-refractivity contribution < 1.29 is 22.4 Å². The molecule has 1 aliphatic rings. The molecule has 0 atom stereocenters. The van der Waals surface area contributed by atoms with E-state index in [1.165, 1.54) is 11.3 Å². The summed E-state index contributed by atoms with van der Waals surface area (Å²) in [6.45, 7) is 3.73. The first-order valence-corrected chi connectivity index (χ1v) is 11.6. The van der Waals surface area contributed by atoms with Gasteiger partial charge in [-0.05, 0) is 37.6 Å². The lowest BCUT2D eigenvalue weighted by Gasteiger charge is -2.09. The number of nitrogens with one attached hydrogen (secondary N) is 1. The summed E-state index contributed by atoms with van der Waals surface area (Å²) in [7, 11) is -3.90. The SMILES string of the molecule is Cc1noc(NS(=O)(=O)c2c(Cc3ccc4c(c3)OCO4)sc3ccccc23)c1C. The Kier molecular flexibility index (Phi) is 4.44. The van der Waals surface area contributed by atoms with E-state index in [4.69, 9.17) is 14.0 Å². The largest absolute Gasteiger partial charge is 0.454 e. The van der Waals surface area contributed by atoms with Gasteiger partial charge in [0.25, 0.3) is 10.0 Å². The Morgan fingerprint density at radius 1 is 1.10 bits per heavy atom. The van der Waals surface area contributed by atoms with Gasteiger partial charge in [0.15, 0.2) is 11.5 Å². The summed E-state index contributed by atoms with van der Waals surface area (Å²) in [5.41, 5.74) is 2.24. The highest BCUT2D eigenvalue weighted by molar-refractivity contribution is 7.93. The lowest BCUT2D eigenvalue weighted by Crippen LogP contribution is -2.14. The van der Waals surface area contributed by atoms with Crippen LogP contribution in [0.4, 0.5) is 5.88 Å². The van der Waals surface area contributed by atoms with Crippen molar-refractivity contribution in [1.82, 2.24) is 5.16 Å². The summed E-state index contributed by atoms with van der Waals surface area (Å²) in [4.78, 5) is 0.991. The molecule has 1 N–H and O–H groups in total. The zero-order valence-electron chi connectivity index (χ0n) is 16.3. The van der Waals surface area contributed by atoms with Gasteiger partial charge in [0, 0.05) is 26.9 Å². The van der Waals surface area contributed by atoms with Gasteiger partial charge < -0.3 is 14.0 Å². The molecule has 2 aromatic carbocycles. The fourth-order valence-corrected chi connectivity index (χ4v) is 6.43. The molecule has 9 heteroatoms. The van der Waals surface area contributed by atoms with Crippen LogP contribution >= 0.6 is 11.3 Å². The van der Waals surface area contributed by atoms with Crippen molar-refractivity contribution in [2.75, 3.05) is 11.5 Å². The number of anilines is 1. The zero-order chi connectivity index (χ0) is 20.9. The monoisotopic (exact) mass is 442 g/mol. The third-order valence-corrected chi connectivity index (χ3v) is 7.83. The second kappa shape index (κ2) is 7.03. The summed E-state index contributed by atoms with van der Waals surface area (Å²) >= 11 is 1.46. The molecule has 0 radical (unpaired) electrons. The molecule has 0 amide bonds. The maximum absolute atomic E-state index is 13.4. The van der Waals surface area contributed by atoms with Crippen molar-refractivity contribution in [2.24, 2.45) is 0 Å². The molecule has 0 unspecified atom stereocenters. The van der Waals surface area contributed by atoms with Gasteiger partial charge >= 0.3 is 0 Å². The average molecular weight is 443 g/mol. The highest BCUT2D eigenvalue weighted by atomic mass is 32.2. The molecule has 3 heterocycles. The Balaban J connectivity index is 1.59. The lowest BCUT2D eigenvalue weighted by molar-refractivity contribution is 0.174. The zero-order valence-corrected chi connectivity index (χ0v) is 17.9. The first kappa shape index (κ1) is 19.0. The van der Waals surface area contributed by atoms with E-state index in [-0.39, 0.29) is 17.6 Å². The standard InChI is InChI=1S/C21H18N2O5S2/c1-12-13(2)22-28-21(12)23-30(24,25)20-15-5-3-4-6-18(15)29-19(20)10-14-7-8-16-17(9-14)27-11-26-16/h3-9,23H,10-11H2,1-2H3. The number of fused-ring (bicyclic) bond motifs is 2. The van der Waals surface area contributed by atoms with Crippen molar-refractivity contribution in [2.45, 2.75) is 25.2 Å². The molecule has 0 fully saturated rings. The molecule has 0 spiro atoms. The summed E-state index contributed by atoms with van der Waals surface area (Å²) in [6, 6.07) is 13.1. The summed E-state index contributed by atoms with van der Waals surface area (Å²) in [5, 5.41) is 4.52. The van der Waals surface area contributed by atoms with Crippen LogP contribution in [-0.2, 0) is 16.4 Å². The predicted octanol–water partition coefficient (Wildman–Crippen LogP) is 4.63. The molecular weight excluding hydrogens is 424 g/mol. The molecule has 0 saturated carbocycles. The topological polar surface area (TPSA) is 90.7 Å². The second-order valence-electron chi connectivity index (χ2n) is 7.04. The number of sulfonamides is 1. The number of nitrogens with zero attached hydrogens (tertiary/aromatic N) is 1. The average Bonchev–Trinajstić information content (AvgIpc) is 3.41. The first-order chi connectivity index (χ1) is 14.4. The Labute approximate surface area is 177 Å². The minimum atomic E-state index is -3.90. The van der Waals surface area contributed by atoms with Crippen molar-refractivity contribution in [3.8, 4) is 11.5 Å². The van der Waals surface area contributed by atoms with E-state index >= 15 is 0 Å². The van der Waals surface area contributed by atoms with Crippen LogP contribution in [-0.4, -0.2) is 20.4 Å².